The van der Waals surface area contributed by atoms with Crippen molar-refractivity contribution < 1.29 is 19.1 Å². The van der Waals surface area contributed by atoms with Gasteiger partial charge in [0.1, 0.15) is 5.58 Å². The van der Waals surface area contributed by atoms with Gasteiger partial charge in [0.25, 0.3) is 0 Å². The van der Waals surface area contributed by atoms with Gasteiger partial charge in [-0.2, -0.15) is 0 Å². The number of fused-ring (bicyclic) bond motifs is 1. The second-order valence-corrected chi connectivity index (χ2v) is 6.64. The topological polar surface area (TPSA) is 76.7 Å². The molecule has 134 valence electrons. The highest BCUT2D eigenvalue weighted by molar-refractivity contribution is 6.32. The Morgan fingerprint density at radius 1 is 1.19 bits per heavy atom. The number of hydrogen-bond acceptors (Lipinski definition) is 4. The molecule has 0 fully saturated rings. The SMILES string of the molecule is Cc1cc2oc(-c3ccc(Cl)cc3)c(O[C@H](C)C(=O)O)c(=O)c2cc1Cl. The van der Waals surface area contributed by atoms with E-state index < -0.39 is 17.5 Å². The predicted octanol–water partition coefficient (Wildman–Crippen LogP) is 4.93. The van der Waals surface area contributed by atoms with Crippen molar-refractivity contribution in [2.75, 3.05) is 0 Å². The van der Waals surface area contributed by atoms with E-state index in [-0.39, 0.29) is 16.9 Å². The Bertz CT molecular complexity index is 1050. The summed E-state index contributed by atoms with van der Waals surface area (Å²) in [6.07, 6.45) is -1.23. The Kier molecular flexibility index (Phi) is 4.94. The maximum Gasteiger partial charge on any atom is 0.344 e. The van der Waals surface area contributed by atoms with Crippen LogP contribution in [0, 0.1) is 6.92 Å². The second kappa shape index (κ2) is 7.02. The molecule has 0 unspecified atom stereocenters. The quantitative estimate of drug-likeness (QED) is 0.681. The molecule has 1 atom stereocenters. The summed E-state index contributed by atoms with van der Waals surface area (Å²) in [7, 11) is 0. The van der Waals surface area contributed by atoms with Gasteiger partial charge in [-0.25, -0.2) is 4.79 Å². The molecule has 0 bridgehead atoms. The third-order valence-corrected chi connectivity index (χ3v) is 4.54. The van der Waals surface area contributed by atoms with Crippen LogP contribution in [0.25, 0.3) is 22.3 Å². The second-order valence-electron chi connectivity index (χ2n) is 5.79. The number of carboxylic acid groups (broad SMARTS) is 1. The van der Waals surface area contributed by atoms with Gasteiger partial charge >= 0.3 is 5.97 Å². The molecule has 0 aliphatic carbocycles. The number of carboxylic acids is 1. The Morgan fingerprint density at radius 2 is 1.85 bits per heavy atom. The van der Waals surface area contributed by atoms with Gasteiger partial charge in [-0.15, -0.1) is 0 Å². The number of hydrogen-bond donors (Lipinski definition) is 1. The van der Waals surface area contributed by atoms with E-state index in [0.29, 0.717) is 21.2 Å². The monoisotopic (exact) mass is 392 g/mol. The van der Waals surface area contributed by atoms with Crippen molar-refractivity contribution >= 4 is 40.1 Å². The molecule has 0 saturated carbocycles. The summed E-state index contributed by atoms with van der Waals surface area (Å²) in [5, 5.41) is 10.3. The highest BCUT2D eigenvalue weighted by Gasteiger charge is 2.23. The summed E-state index contributed by atoms with van der Waals surface area (Å²) in [5.74, 6) is -1.25. The summed E-state index contributed by atoms with van der Waals surface area (Å²) in [4.78, 5) is 24.1. The molecule has 0 saturated heterocycles. The third kappa shape index (κ3) is 3.41. The van der Waals surface area contributed by atoms with Gasteiger partial charge in [-0.3, -0.25) is 4.79 Å². The number of aryl methyl sites for hydroxylation is 1. The zero-order valence-electron chi connectivity index (χ0n) is 13.9. The van der Waals surface area contributed by atoms with Crippen LogP contribution in [0.4, 0.5) is 0 Å². The molecular formula is C19H14Cl2O5. The van der Waals surface area contributed by atoms with Crippen LogP contribution >= 0.6 is 23.2 Å². The molecular weight excluding hydrogens is 379 g/mol. The van der Waals surface area contributed by atoms with E-state index in [1.54, 1.807) is 37.3 Å². The van der Waals surface area contributed by atoms with Crippen molar-refractivity contribution in [3.63, 3.8) is 0 Å². The van der Waals surface area contributed by atoms with E-state index in [2.05, 4.69) is 0 Å². The maximum atomic E-state index is 12.9. The van der Waals surface area contributed by atoms with Crippen LogP contribution in [-0.2, 0) is 4.79 Å². The molecule has 5 nitrogen and oxygen atoms in total. The van der Waals surface area contributed by atoms with Crippen LogP contribution < -0.4 is 10.2 Å². The first-order valence-electron chi connectivity index (χ1n) is 7.70. The van der Waals surface area contributed by atoms with Crippen LogP contribution in [0.15, 0.2) is 45.6 Å². The molecule has 26 heavy (non-hydrogen) atoms. The van der Waals surface area contributed by atoms with Gasteiger partial charge in [0, 0.05) is 15.6 Å². The van der Waals surface area contributed by atoms with Gasteiger partial charge in [-0.05, 0) is 55.8 Å². The van der Waals surface area contributed by atoms with Crippen LogP contribution in [0.5, 0.6) is 5.75 Å². The number of benzene rings is 2. The van der Waals surface area contributed by atoms with Crippen LogP contribution in [0.2, 0.25) is 10.0 Å². The molecule has 2 aromatic carbocycles. The maximum absolute atomic E-state index is 12.9. The minimum absolute atomic E-state index is 0.133. The zero-order chi connectivity index (χ0) is 19.0. The van der Waals surface area contributed by atoms with E-state index in [9.17, 15) is 9.59 Å². The van der Waals surface area contributed by atoms with Crippen LogP contribution in [0.3, 0.4) is 0 Å². The molecule has 1 heterocycles. The lowest BCUT2D eigenvalue weighted by atomic mass is 10.1. The molecule has 0 aliphatic heterocycles. The van der Waals surface area contributed by atoms with Gasteiger partial charge in [-0.1, -0.05) is 23.2 Å². The fraction of sp³-hybridized carbons (Fsp3) is 0.158. The number of ether oxygens (including phenoxy) is 1. The molecule has 1 N–H and O–H groups in total. The van der Waals surface area contributed by atoms with Crippen LogP contribution in [-0.4, -0.2) is 17.2 Å². The lowest BCUT2D eigenvalue weighted by molar-refractivity contribution is -0.144. The molecule has 0 spiro atoms. The summed E-state index contributed by atoms with van der Waals surface area (Å²) in [5.41, 5.74) is 1.12. The highest BCUT2D eigenvalue weighted by atomic mass is 35.5. The van der Waals surface area contributed by atoms with Crippen molar-refractivity contribution in [2.45, 2.75) is 20.0 Å². The van der Waals surface area contributed by atoms with Crippen molar-refractivity contribution in [1.29, 1.82) is 0 Å². The Hall–Kier alpha value is -2.50. The summed E-state index contributed by atoms with van der Waals surface area (Å²) < 4.78 is 11.3. The van der Waals surface area contributed by atoms with E-state index in [1.807, 2.05) is 0 Å². The Balaban J connectivity index is 2.32. The zero-order valence-corrected chi connectivity index (χ0v) is 15.4. The van der Waals surface area contributed by atoms with Gasteiger partial charge < -0.3 is 14.3 Å². The normalized spacial score (nSPS) is 12.2. The molecule has 0 radical (unpaired) electrons. The van der Waals surface area contributed by atoms with Crippen molar-refractivity contribution in [3.8, 4) is 17.1 Å². The van der Waals surface area contributed by atoms with Gasteiger partial charge in [0.05, 0.1) is 5.39 Å². The largest absolute Gasteiger partial charge is 0.479 e. The summed E-state index contributed by atoms with van der Waals surface area (Å²) in [6, 6.07) is 9.74. The van der Waals surface area contributed by atoms with Crippen LogP contribution in [0.1, 0.15) is 12.5 Å². The Labute approximate surface area is 158 Å². The van der Waals surface area contributed by atoms with E-state index in [4.69, 9.17) is 37.5 Å². The van der Waals surface area contributed by atoms with Crippen molar-refractivity contribution in [1.82, 2.24) is 0 Å². The van der Waals surface area contributed by atoms with E-state index in [0.717, 1.165) is 5.56 Å². The molecule has 3 aromatic rings. The Morgan fingerprint density at radius 3 is 2.46 bits per heavy atom. The summed E-state index contributed by atoms with van der Waals surface area (Å²) in [6.45, 7) is 3.13. The standard InChI is InChI=1S/C19H14Cl2O5/c1-9-7-15-13(8-14(9)21)16(22)18(25-10(2)19(23)24)17(26-15)11-3-5-12(20)6-4-11/h3-8,10H,1-2H3,(H,23,24)/t10-/m1/s1. The minimum Gasteiger partial charge on any atom is -0.479 e. The molecule has 3 rings (SSSR count). The fourth-order valence-corrected chi connectivity index (χ4v) is 2.71. The first-order valence-corrected chi connectivity index (χ1v) is 8.46. The number of rotatable bonds is 4. The number of carbonyl (C=O) groups is 1. The van der Waals surface area contributed by atoms with Gasteiger partial charge in [0.2, 0.25) is 11.2 Å². The van der Waals surface area contributed by atoms with E-state index >= 15 is 0 Å². The lowest BCUT2D eigenvalue weighted by Crippen LogP contribution is -2.26. The molecule has 1 aromatic heterocycles. The molecule has 0 aliphatic rings. The van der Waals surface area contributed by atoms with Gasteiger partial charge in [0.15, 0.2) is 11.9 Å². The third-order valence-electron chi connectivity index (χ3n) is 3.88. The van der Waals surface area contributed by atoms with E-state index in [1.165, 1.54) is 13.0 Å². The van der Waals surface area contributed by atoms with Crippen molar-refractivity contribution in [3.05, 3.63) is 62.2 Å². The lowest BCUT2D eigenvalue weighted by Gasteiger charge is -2.14. The molecule has 7 heteroatoms. The summed E-state index contributed by atoms with van der Waals surface area (Å²) >= 11 is 12.0. The number of aliphatic carboxylic acids is 1. The fourth-order valence-electron chi connectivity index (χ4n) is 2.42. The highest BCUT2D eigenvalue weighted by Crippen LogP contribution is 2.33. The molecule has 0 amide bonds. The van der Waals surface area contributed by atoms with Crippen molar-refractivity contribution in [2.24, 2.45) is 0 Å². The average Bonchev–Trinajstić information content (AvgIpc) is 2.59. The average molecular weight is 393 g/mol. The first-order chi connectivity index (χ1) is 12.3. The predicted molar refractivity (Wildman–Crippen MR) is 100 cm³/mol. The minimum atomic E-state index is -1.23. The smallest absolute Gasteiger partial charge is 0.344 e. The first kappa shape index (κ1) is 18.3. The number of halogens is 2.